The molecule has 0 radical (unpaired) electrons. The van der Waals surface area contributed by atoms with Crippen molar-refractivity contribution in [3.8, 4) is 0 Å². The van der Waals surface area contributed by atoms with Gasteiger partial charge in [-0.15, -0.1) is 5.10 Å². The third-order valence-electron chi connectivity index (χ3n) is 2.95. The summed E-state index contributed by atoms with van der Waals surface area (Å²) < 4.78 is 0. The summed E-state index contributed by atoms with van der Waals surface area (Å²) in [6, 6.07) is 3.11. The Morgan fingerprint density at radius 1 is 1.44 bits per heavy atom. The molecule has 0 aromatic carbocycles. The maximum atomic E-state index is 11.7. The molecular weight excluding hydrogens is 232 g/mol. The molecule has 1 unspecified atom stereocenters. The van der Waals surface area contributed by atoms with E-state index in [-0.39, 0.29) is 24.1 Å². The second-order valence-electron chi connectivity index (χ2n) is 5.42. The van der Waals surface area contributed by atoms with Crippen molar-refractivity contribution in [3.63, 3.8) is 0 Å². The first-order valence-electron chi connectivity index (χ1n) is 5.95. The van der Waals surface area contributed by atoms with Gasteiger partial charge in [-0.2, -0.15) is 5.10 Å². The number of carbonyl (C=O) groups is 1. The molecule has 98 valence electrons. The number of urea groups is 1. The minimum Gasteiger partial charge on any atom is -0.394 e. The highest BCUT2D eigenvalue weighted by molar-refractivity contribution is 5.93. The SMILES string of the molecule is CC(C)(C)c1ccc(N2C(=O)NCC2CO)nn1. The summed E-state index contributed by atoms with van der Waals surface area (Å²) in [5.41, 5.74) is 0.793. The van der Waals surface area contributed by atoms with Crippen LogP contribution in [0.2, 0.25) is 0 Å². The first kappa shape index (κ1) is 12.8. The second kappa shape index (κ2) is 4.53. The van der Waals surface area contributed by atoms with Crippen LogP contribution in [-0.2, 0) is 5.41 Å². The Morgan fingerprint density at radius 2 is 2.17 bits per heavy atom. The fraction of sp³-hybridized carbons (Fsp3) is 0.583. The number of aliphatic hydroxyl groups excluding tert-OH is 1. The van der Waals surface area contributed by atoms with Crippen LogP contribution < -0.4 is 10.2 Å². The first-order chi connectivity index (χ1) is 8.43. The number of amides is 2. The van der Waals surface area contributed by atoms with Crippen LogP contribution in [-0.4, -0.2) is 40.5 Å². The lowest BCUT2D eigenvalue weighted by Crippen LogP contribution is -2.37. The van der Waals surface area contributed by atoms with Gasteiger partial charge in [-0.3, -0.25) is 4.90 Å². The molecule has 0 aliphatic carbocycles. The van der Waals surface area contributed by atoms with Gasteiger partial charge >= 0.3 is 6.03 Å². The van der Waals surface area contributed by atoms with E-state index in [0.29, 0.717) is 12.4 Å². The lowest BCUT2D eigenvalue weighted by molar-refractivity contribution is 0.247. The molecule has 1 aromatic rings. The standard InChI is InChI=1S/C12H18N4O2/c1-12(2,3)9-4-5-10(15-14-9)16-8(7-17)6-13-11(16)18/h4-5,8,17H,6-7H2,1-3H3,(H,13,18). The second-order valence-corrected chi connectivity index (χ2v) is 5.42. The van der Waals surface area contributed by atoms with Crippen molar-refractivity contribution in [1.29, 1.82) is 0 Å². The molecule has 2 heterocycles. The van der Waals surface area contributed by atoms with Gasteiger partial charge in [0, 0.05) is 12.0 Å². The van der Waals surface area contributed by atoms with Gasteiger partial charge in [-0.05, 0) is 12.1 Å². The summed E-state index contributed by atoms with van der Waals surface area (Å²) in [6.45, 7) is 6.49. The van der Waals surface area contributed by atoms with Crippen LogP contribution in [0.4, 0.5) is 10.6 Å². The van der Waals surface area contributed by atoms with E-state index in [1.54, 1.807) is 6.07 Å². The summed E-state index contributed by atoms with van der Waals surface area (Å²) in [6.07, 6.45) is 0. The molecule has 0 spiro atoms. The Kier molecular flexibility index (Phi) is 3.21. The summed E-state index contributed by atoms with van der Waals surface area (Å²) in [7, 11) is 0. The number of nitrogens with zero attached hydrogens (tertiary/aromatic N) is 3. The highest BCUT2D eigenvalue weighted by atomic mass is 16.3. The molecular formula is C12H18N4O2. The number of anilines is 1. The zero-order chi connectivity index (χ0) is 13.3. The van der Waals surface area contributed by atoms with Crippen molar-refractivity contribution in [2.75, 3.05) is 18.1 Å². The maximum Gasteiger partial charge on any atom is 0.323 e. The van der Waals surface area contributed by atoms with Crippen LogP contribution in [0.15, 0.2) is 12.1 Å². The molecule has 6 nitrogen and oxygen atoms in total. The Labute approximate surface area is 106 Å². The highest BCUT2D eigenvalue weighted by Crippen LogP contribution is 2.22. The van der Waals surface area contributed by atoms with Crippen molar-refractivity contribution in [3.05, 3.63) is 17.8 Å². The number of carbonyl (C=O) groups excluding carboxylic acids is 1. The fourth-order valence-electron chi connectivity index (χ4n) is 1.84. The predicted octanol–water partition coefficient (Wildman–Crippen LogP) is 0.665. The molecule has 1 aliphatic heterocycles. The lowest BCUT2D eigenvalue weighted by Gasteiger charge is -2.21. The Morgan fingerprint density at radius 3 is 2.67 bits per heavy atom. The zero-order valence-corrected chi connectivity index (χ0v) is 10.8. The van der Waals surface area contributed by atoms with Crippen molar-refractivity contribution in [1.82, 2.24) is 15.5 Å². The van der Waals surface area contributed by atoms with E-state index in [0.717, 1.165) is 5.69 Å². The molecule has 1 atom stereocenters. The zero-order valence-electron chi connectivity index (χ0n) is 10.8. The molecule has 2 N–H and O–H groups in total. The number of rotatable bonds is 2. The van der Waals surface area contributed by atoms with Gasteiger partial charge in [0.15, 0.2) is 5.82 Å². The summed E-state index contributed by atoms with van der Waals surface area (Å²) >= 11 is 0. The topological polar surface area (TPSA) is 78.4 Å². The quantitative estimate of drug-likeness (QED) is 0.808. The maximum absolute atomic E-state index is 11.7. The van der Waals surface area contributed by atoms with Gasteiger partial charge in [0.25, 0.3) is 0 Å². The van der Waals surface area contributed by atoms with Gasteiger partial charge in [0.2, 0.25) is 0 Å². The molecule has 0 saturated carbocycles. The summed E-state index contributed by atoms with van der Waals surface area (Å²) in [4.78, 5) is 13.1. The van der Waals surface area contributed by atoms with Gasteiger partial charge in [-0.1, -0.05) is 20.8 Å². The van der Waals surface area contributed by atoms with Gasteiger partial charge in [0.1, 0.15) is 0 Å². The van der Waals surface area contributed by atoms with Crippen LogP contribution in [0.25, 0.3) is 0 Å². The normalized spacial score (nSPS) is 20.1. The van der Waals surface area contributed by atoms with E-state index in [9.17, 15) is 9.90 Å². The minimum atomic E-state index is -0.271. The number of aromatic nitrogens is 2. The Hall–Kier alpha value is -1.69. The number of hydrogen-bond donors (Lipinski definition) is 2. The Balaban J connectivity index is 2.26. The smallest absolute Gasteiger partial charge is 0.323 e. The number of aliphatic hydroxyl groups is 1. The molecule has 0 bridgehead atoms. The van der Waals surface area contributed by atoms with E-state index in [4.69, 9.17) is 0 Å². The van der Waals surface area contributed by atoms with Crippen LogP contribution in [0.1, 0.15) is 26.5 Å². The summed E-state index contributed by atoms with van der Waals surface area (Å²) in [5.74, 6) is 0.469. The molecule has 18 heavy (non-hydrogen) atoms. The van der Waals surface area contributed by atoms with Crippen molar-refractivity contribution in [2.45, 2.75) is 32.2 Å². The molecule has 6 heteroatoms. The molecule has 1 fully saturated rings. The first-order valence-corrected chi connectivity index (χ1v) is 5.95. The van der Waals surface area contributed by atoms with Gasteiger partial charge in [-0.25, -0.2) is 4.79 Å². The van der Waals surface area contributed by atoms with Crippen LogP contribution >= 0.6 is 0 Å². The monoisotopic (exact) mass is 250 g/mol. The fourth-order valence-corrected chi connectivity index (χ4v) is 1.84. The molecule has 2 rings (SSSR count). The average Bonchev–Trinajstić information content (AvgIpc) is 2.69. The number of nitrogens with one attached hydrogen (secondary N) is 1. The van der Waals surface area contributed by atoms with E-state index in [1.165, 1.54) is 4.90 Å². The largest absolute Gasteiger partial charge is 0.394 e. The minimum absolute atomic E-state index is 0.0742. The molecule has 1 aromatic heterocycles. The lowest BCUT2D eigenvalue weighted by atomic mass is 9.92. The number of hydrogen-bond acceptors (Lipinski definition) is 4. The average molecular weight is 250 g/mol. The van der Waals surface area contributed by atoms with Crippen molar-refractivity contribution >= 4 is 11.8 Å². The van der Waals surface area contributed by atoms with Gasteiger partial charge < -0.3 is 10.4 Å². The molecule has 1 saturated heterocycles. The van der Waals surface area contributed by atoms with E-state index in [1.807, 2.05) is 6.07 Å². The van der Waals surface area contributed by atoms with Crippen LogP contribution in [0.5, 0.6) is 0 Å². The van der Waals surface area contributed by atoms with Crippen molar-refractivity contribution in [2.24, 2.45) is 0 Å². The van der Waals surface area contributed by atoms with E-state index in [2.05, 4.69) is 36.3 Å². The highest BCUT2D eigenvalue weighted by Gasteiger charge is 2.32. The molecule has 2 amide bonds. The predicted molar refractivity (Wildman–Crippen MR) is 67.5 cm³/mol. The van der Waals surface area contributed by atoms with E-state index >= 15 is 0 Å². The molecule has 1 aliphatic rings. The van der Waals surface area contributed by atoms with Gasteiger partial charge in [0.05, 0.1) is 18.3 Å². The van der Waals surface area contributed by atoms with E-state index < -0.39 is 0 Å². The Bertz CT molecular complexity index is 438. The van der Waals surface area contributed by atoms with Crippen molar-refractivity contribution < 1.29 is 9.90 Å². The van der Waals surface area contributed by atoms with Crippen LogP contribution in [0, 0.1) is 0 Å². The third kappa shape index (κ3) is 2.28. The van der Waals surface area contributed by atoms with Crippen LogP contribution in [0.3, 0.4) is 0 Å². The third-order valence-corrected chi connectivity index (χ3v) is 2.95. The summed E-state index contributed by atoms with van der Waals surface area (Å²) in [5, 5.41) is 20.1.